The molecule has 2 aliphatic heterocycles. The number of amides is 5. The van der Waals surface area contributed by atoms with Crippen LogP contribution in [0.1, 0.15) is 110 Å². The van der Waals surface area contributed by atoms with Crippen LogP contribution < -0.4 is 16.0 Å². The van der Waals surface area contributed by atoms with Crippen molar-refractivity contribution in [1.82, 2.24) is 25.8 Å². The number of ketones is 2. The van der Waals surface area contributed by atoms with Crippen LogP contribution in [0, 0.1) is 17.8 Å². The van der Waals surface area contributed by atoms with Crippen LogP contribution in [0.25, 0.3) is 0 Å². The average Bonchev–Trinajstić information content (AvgIpc) is 3.90. The van der Waals surface area contributed by atoms with Crippen LogP contribution in [0.4, 0.5) is 4.79 Å². The van der Waals surface area contributed by atoms with Gasteiger partial charge in [0.1, 0.15) is 24.0 Å². The van der Waals surface area contributed by atoms with Crippen molar-refractivity contribution in [3.05, 3.63) is 35.4 Å². The number of likely N-dealkylation sites (tertiary alicyclic amines) is 1. The average molecular weight is 796 g/mol. The van der Waals surface area contributed by atoms with E-state index < -0.39 is 71.6 Å². The summed E-state index contributed by atoms with van der Waals surface area (Å²) < 4.78 is 10.6. The minimum absolute atomic E-state index is 0.0460. The van der Waals surface area contributed by atoms with Gasteiger partial charge in [0.2, 0.25) is 23.5 Å². The number of hydrogen-bond acceptors (Lipinski definition) is 10. The molecule has 1 aliphatic carbocycles. The number of fused-ring (bicyclic) bond motifs is 1. The maximum atomic E-state index is 14.5. The lowest BCUT2D eigenvalue weighted by Crippen LogP contribution is -2.58. The summed E-state index contributed by atoms with van der Waals surface area (Å²) in [5, 5.41) is 8.26. The quantitative estimate of drug-likeness (QED) is 0.1000. The summed E-state index contributed by atoms with van der Waals surface area (Å²) in [6.07, 6.45) is 2.69. The van der Waals surface area contributed by atoms with Gasteiger partial charge in [0, 0.05) is 50.7 Å². The van der Waals surface area contributed by atoms with E-state index in [-0.39, 0.29) is 62.4 Å². The number of esters is 1. The molecule has 2 heterocycles. The summed E-state index contributed by atoms with van der Waals surface area (Å²) in [6.45, 7) is 9.62. The summed E-state index contributed by atoms with van der Waals surface area (Å²) >= 11 is 0. The molecular weight excluding hydrogens is 734 g/mol. The van der Waals surface area contributed by atoms with E-state index in [4.69, 9.17) is 4.74 Å². The minimum atomic E-state index is -1.18. The number of nitrogens with zero attached hydrogens (tertiary/aromatic N) is 2. The fourth-order valence-corrected chi connectivity index (χ4v) is 7.34. The fourth-order valence-electron chi connectivity index (χ4n) is 7.34. The van der Waals surface area contributed by atoms with Gasteiger partial charge in [-0.25, -0.2) is 4.79 Å². The van der Waals surface area contributed by atoms with E-state index >= 15 is 0 Å². The molecule has 1 unspecified atom stereocenters. The Kier molecular flexibility index (Phi) is 16.6. The number of hydrogen-bond donors (Lipinski definition) is 3. The molecule has 3 aliphatic rings. The van der Waals surface area contributed by atoms with Crippen LogP contribution in [0.5, 0.6) is 0 Å². The van der Waals surface area contributed by atoms with Gasteiger partial charge in [-0.1, -0.05) is 65.3 Å². The first-order valence-corrected chi connectivity index (χ1v) is 20.5. The Morgan fingerprint density at radius 3 is 2.21 bits per heavy atom. The molecule has 314 valence electrons. The molecule has 1 saturated heterocycles. The highest BCUT2D eigenvalue weighted by atomic mass is 16.6. The van der Waals surface area contributed by atoms with Crippen molar-refractivity contribution >= 4 is 47.3 Å². The first-order chi connectivity index (χ1) is 27.1. The van der Waals surface area contributed by atoms with E-state index in [2.05, 4.69) is 20.7 Å². The molecule has 2 fully saturated rings. The molecule has 5 amide bonds. The number of carbonyl (C=O) groups excluding carboxylic acids is 8. The molecule has 5 atom stereocenters. The first kappa shape index (κ1) is 44.9. The third kappa shape index (κ3) is 12.8. The number of benzene rings is 1. The van der Waals surface area contributed by atoms with Gasteiger partial charge in [0.15, 0.2) is 0 Å². The van der Waals surface area contributed by atoms with Crippen molar-refractivity contribution in [2.75, 3.05) is 20.2 Å². The summed E-state index contributed by atoms with van der Waals surface area (Å²) in [5.41, 5.74) is 2.16. The van der Waals surface area contributed by atoms with E-state index in [9.17, 15) is 38.4 Å². The third-order valence-electron chi connectivity index (χ3n) is 11.0. The minimum Gasteiger partial charge on any atom is -0.469 e. The topological polar surface area (TPSA) is 198 Å². The van der Waals surface area contributed by atoms with Crippen LogP contribution in [0.3, 0.4) is 0 Å². The maximum Gasteiger partial charge on any atom is 0.410 e. The lowest BCUT2D eigenvalue weighted by molar-refractivity contribution is -0.144. The zero-order valence-electron chi connectivity index (χ0n) is 34.3. The Bertz CT molecular complexity index is 1640. The van der Waals surface area contributed by atoms with Crippen LogP contribution in [0.2, 0.25) is 0 Å². The van der Waals surface area contributed by atoms with Crippen molar-refractivity contribution in [2.45, 2.75) is 142 Å². The number of rotatable bonds is 20. The molecule has 3 N–H and O–H groups in total. The van der Waals surface area contributed by atoms with Gasteiger partial charge in [-0.2, -0.15) is 0 Å². The fraction of sp³-hybridized carbons (Fsp3) is 0.667. The van der Waals surface area contributed by atoms with Gasteiger partial charge >= 0.3 is 12.1 Å². The Balaban J connectivity index is 1.50. The predicted octanol–water partition coefficient (Wildman–Crippen LogP) is 3.39. The van der Waals surface area contributed by atoms with E-state index in [1.54, 1.807) is 18.7 Å². The lowest BCUT2D eigenvalue weighted by atomic mass is 9.88. The van der Waals surface area contributed by atoms with Gasteiger partial charge in [-0.05, 0) is 61.5 Å². The molecule has 0 bridgehead atoms. The van der Waals surface area contributed by atoms with Gasteiger partial charge in [0.25, 0.3) is 5.91 Å². The molecule has 1 aromatic carbocycles. The molecule has 15 nitrogen and oxygen atoms in total. The molecular formula is C42H61N5O10. The summed E-state index contributed by atoms with van der Waals surface area (Å²) in [7, 11) is 1.31. The van der Waals surface area contributed by atoms with Crippen molar-refractivity contribution in [3.63, 3.8) is 0 Å². The number of carbonyl (C=O) groups is 8. The van der Waals surface area contributed by atoms with Gasteiger partial charge in [0.05, 0.1) is 19.7 Å². The van der Waals surface area contributed by atoms with E-state index in [0.29, 0.717) is 38.8 Å². The highest BCUT2D eigenvalue weighted by Gasteiger charge is 2.46. The number of unbranched alkanes of at least 4 members (excludes halogenated alkanes) is 1. The molecule has 15 heteroatoms. The normalized spacial score (nSPS) is 19.2. The second-order valence-corrected chi connectivity index (χ2v) is 16.3. The zero-order valence-corrected chi connectivity index (χ0v) is 34.3. The van der Waals surface area contributed by atoms with Crippen LogP contribution in [0.15, 0.2) is 24.3 Å². The van der Waals surface area contributed by atoms with Crippen LogP contribution in [-0.2, 0) is 56.0 Å². The van der Waals surface area contributed by atoms with Crippen LogP contribution in [-0.4, -0.2) is 108 Å². The molecule has 57 heavy (non-hydrogen) atoms. The summed E-state index contributed by atoms with van der Waals surface area (Å²) in [4.78, 5) is 109. The summed E-state index contributed by atoms with van der Waals surface area (Å²) in [5.74, 6) is -5.20. The Morgan fingerprint density at radius 2 is 1.58 bits per heavy atom. The van der Waals surface area contributed by atoms with Gasteiger partial charge < -0.3 is 35.2 Å². The largest absolute Gasteiger partial charge is 0.469 e. The molecule has 0 radical (unpaired) electrons. The molecule has 0 aromatic heterocycles. The number of ether oxygens (including phenoxy) is 2. The zero-order chi connectivity index (χ0) is 41.8. The number of Topliss-reactive ketones (excluding diaryl/α,β-unsaturated/α-hetero) is 2. The van der Waals surface area contributed by atoms with E-state index in [1.807, 2.05) is 45.0 Å². The number of nitrogens with one attached hydrogen (secondary N) is 3. The van der Waals surface area contributed by atoms with E-state index in [0.717, 1.165) is 24.0 Å². The Hall–Kier alpha value is -4.82. The second-order valence-electron chi connectivity index (χ2n) is 16.3. The smallest absolute Gasteiger partial charge is 0.410 e. The van der Waals surface area contributed by atoms with Crippen molar-refractivity contribution in [2.24, 2.45) is 17.8 Å². The van der Waals surface area contributed by atoms with Gasteiger partial charge in [-0.15, -0.1) is 0 Å². The molecule has 4 rings (SSSR count). The predicted molar refractivity (Wildman–Crippen MR) is 209 cm³/mol. The number of methoxy groups -OCH3 is 1. The Morgan fingerprint density at radius 1 is 0.895 bits per heavy atom. The van der Waals surface area contributed by atoms with Gasteiger partial charge in [-0.3, -0.25) is 33.6 Å². The third-order valence-corrected chi connectivity index (χ3v) is 11.0. The molecule has 1 aromatic rings. The second kappa shape index (κ2) is 21.1. The molecule has 0 spiro atoms. The standard InChI is InChI=1S/C42H61N5O10/c1-7-12-33(37(50)40(53)43-29-17-18-29)44-39(52)34-22-31(57-42(55)46-20-19-27-13-8-9-14-28(27)23-46)24-47(34)41(54)36(26(4)5)45-38(51)32(25(2)3)21-30(48)15-10-11-16-35(49)56-6/h8-9,13-14,25-26,29,31-34,36H,7,10-12,15-24H2,1-6H3,(H,43,53)(H,44,52)(H,45,51)/t31-,32+,33?,34+,36+/m1/s1. The monoisotopic (exact) mass is 795 g/mol. The highest BCUT2D eigenvalue weighted by molar-refractivity contribution is 6.38. The lowest BCUT2D eigenvalue weighted by Gasteiger charge is -2.32. The van der Waals surface area contributed by atoms with E-state index in [1.165, 1.54) is 12.0 Å². The van der Waals surface area contributed by atoms with Crippen LogP contribution >= 0.6 is 0 Å². The van der Waals surface area contributed by atoms with Crippen molar-refractivity contribution in [1.29, 1.82) is 0 Å². The van der Waals surface area contributed by atoms with Crippen molar-refractivity contribution in [3.8, 4) is 0 Å². The SMILES string of the molecule is CCCC(NC(=O)[C@@H]1C[C@@H](OC(=O)N2CCc3ccccc3C2)CN1C(=O)[C@@H](NC(=O)[C@@H](CC(=O)CCCCC(=O)OC)C(C)C)C(C)C)C(=O)C(=O)NC1CC1. The molecule has 1 saturated carbocycles. The maximum absolute atomic E-state index is 14.5. The van der Waals surface area contributed by atoms with Crippen molar-refractivity contribution < 1.29 is 47.8 Å². The summed E-state index contributed by atoms with van der Waals surface area (Å²) in [6, 6.07) is 4.38. The Labute approximate surface area is 335 Å². The first-order valence-electron chi connectivity index (χ1n) is 20.5. The highest BCUT2D eigenvalue weighted by Crippen LogP contribution is 2.27.